The van der Waals surface area contributed by atoms with Crippen LogP contribution in [0, 0.1) is 12.7 Å². The second kappa shape index (κ2) is 7.66. The number of nitrogens with zero attached hydrogens (tertiary/aromatic N) is 3. The number of ketones is 1. The van der Waals surface area contributed by atoms with Crippen molar-refractivity contribution in [1.82, 2.24) is 19.9 Å². The average Bonchev–Trinajstić information content (AvgIpc) is 3.12. The Balaban J connectivity index is 1.76. The number of benzene rings is 1. The highest BCUT2D eigenvalue weighted by Crippen LogP contribution is 2.37. The lowest BCUT2D eigenvalue weighted by Crippen LogP contribution is -2.55. The van der Waals surface area contributed by atoms with Gasteiger partial charge in [0.25, 0.3) is 0 Å². The van der Waals surface area contributed by atoms with E-state index in [1.165, 1.54) is 10.7 Å². The minimum absolute atomic E-state index is 0.0398. The topological polar surface area (TPSA) is 88.8 Å². The standard InChI is InChI=1S/C20H18F4N4O3/c1-11-7-25-17-13(8-26-28(17)9-11)18(30)27-19(4-5-31-10-16(19)29)14-3-2-12(6-15(14)21)20(22,23)24/h2-3,6-9,18,27,30H,4-5,10H2,1H3. The molecule has 2 atom stereocenters. The van der Waals surface area contributed by atoms with Gasteiger partial charge < -0.3 is 9.84 Å². The lowest BCUT2D eigenvalue weighted by atomic mass is 9.80. The van der Waals surface area contributed by atoms with Gasteiger partial charge in [-0.1, -0.05) is 6.07 Å². The van der Waals surface area contributed by atoms with Crippen LogP contribution in [0.5, 0.6) is 0 Å². The number of halogens is 4. The van der Waals surface area contributed by atoms with Gasteiger partial charge in [-0.25, -0.2) is 13.9 Å². The number of alkyl halides is 3. The predicted octanol–water partition coefficient (Wildman–Crippen LogP) is 2.66. The zero-order valence-corrected chi connectivity index (χ0v) is 16.3. The Kier molecular flexibility index (Phi) is 5.28. The lowest BCUT2D eigenvalue weighted by Gasteiger charge is -2.38. The van der Waals surface area contributed by atoms with Crippen LogP contribution >= 0.6 is 0 Å². The third-order valence-electron chi connectivity index (χ3n) is 5.28. The van der Waals surface area contributed by atoms with E-state index in [4.69, 9.17) is 4.74 Å². The van der Waals surface area contributed by atoms with E-state index in [0.29, 0.717) is 17.8 Å². The molecule has 2 unspecified atom stereocenters. The van der Waals surface area contributed by atoms with Crippen LogP contribution in [0.25, 0.3) is 5.65 Å². The molecule has 11 heteroatoms. The van der Waals surface area contributed by atoms with E-state index in [1.54, 1.807) is 12.4 Å². The second-order valence-electron chi connectivity index (χ2n) is 7.37. The second-order valence-corrected chi connectivity index (χ2v) is 7.37. The Morgan fingerprint density at radius 3 is 2.77 bits per heavy atom. The van der Waals surface area contributed by atoms with Gasteiger partial charge in [0.2, 0.25) is 0 Å². The van der Waals surface area contributed by atoms with Crippen LogP contribution in [0.2, 0.25) is 0 Å². The normalized spacial score (nSPS) is 20.9. The molecule has 1 aromatic carbocycles. The zero-order valence-electron chi connectivity index (χ0n) is 16.3. The molecule has 1 aliphatic rings. The number of aryl methyl sites for hydroxylation is 1. The molecule has 4 rings (SSSR count). The zero-order chi connectivity index (χ0) is 22.4. The molecule has 1 aliphatic heterocycles. The molecule has 0 bridgehead atoms. The first kappa shape index (κ1) is 21.3. The number of hydrogen-bond donors (Lipinski definition) is 2. The van der Waals surface area contributed by atoms with E-state index < -0.39 is 35.1 Å². The van der Waals surface area contributed by atoms with Crippen molar-refractivity contribution in [1.29, 1.82) is 0 Å². The summed E-state index contributed by atoms with van der Waals surface area (Å²) in [6.07, 6.45) is -1.73. The fourth-order valence-electron chi connectivity index (χ4n) is 3.70. The highest BCUT2D eigenvalue weighted by atomic mass is 19.4. The van der Waals surface area contributed by atoms with E-state index in [-0.39, 0.29) is 30.8 Å². The Morgan fingerprint density at radius 1 is 1.32 bits per heavy atom. The van der Waals surface area contributed by atoms with E-state index in [1.807, 2.05) is 6.92 Å². The summed E-state index contributed by atoms with van der Waals surface area (Å²) in [6, 6.07) is 1.96. The van der Waals surface area contributed by atoms with Crippen LogP contribution in [-0.2, 0) is 21.2 Å². The Labute approximate surface area is 173 Å². The van der Waals surface area contributed by atoms with Crippen molar-refractivity contribution in [2.24, 2.45) is 0 Å². The maximum absolute atomic E-state index is 14.8. The number of fused-ring (bicyclic) bond motifs is 1. The number of carbonyl (C=O) groups excluding carboxylic acids is 1. The fourth-order valence-corrected chi connectivity index (χ4v) is 3.70. The van der Waals surface area contributed by atoms with Gasteiger partial charge in [-0.15, -0.1) is 0 Å². The minimum atomic E-state index is -4.74. The van der Waals surface area contributed by atoms with Crippen LogP contribution < -0.4 is 5.32 Å². The molecular formula is C20H18F4N4O3. The van der Waals surface area contributed by atoms with Gasteiger partial charge in [-0.3, -0.25) is 10.1 Å². The van der Waals surface area contributed by atoms with Gasteiger partial charge in [0.05, 0.1) is 17.3 Å². The number of rotatable bonds is 4. The fraction of sp³-hybridized carbons (Fsp3) is 0.350. The molecule has 0 amide bonds. The molecule has 3 aromatic rings. The summed E-state index contributed by atoms with van der Waals surface area (Å²) in [7, 11) is 0. The average molecular weight is 438 g/mol. The Hall–Kier alpha value is -2.89. The maximum Gasteiger partial charge on any atom is 0.416 e. The summed E-state index contributed by atoms with van der Waals surface area (Å²) in [5, 5.41) is 17.7. The van der Waals surface area contributed by atoms with Crippen molar-refractivity contribution in [2.45, 2.75) is 31.3 Å². The first-order valence-electron chi connectivity index (χ1n) is 9.36. The molecule has 3 heterocycles. The summed E-state index contributed by atoms with van der Waals surface area (Å²) >= 11 is 0. The van der Waals surface area contributed by atoms with Crippen molar-refractivity contribution in [3.8, 4) is 0 Å². The van der Waals surface area contributed by atoms with Crippen molar-refractivity contribution < 1.29 is 32.2 Å². The molecule has 0 spiro atoms. The molecule has 2 aromatic heterocycles. The van der Waals surface area contributed by atoms with E-state index in [0.717, 1.165) is 11.6 Å². The summed E-state index contributed by atoms with van der Waals surface area (Å²) in [5.74, 6) is -1.82. The van der Waals surface area contributed by atoms with Crippen molar-refractivity contribution in [3.63, 3.8) is 0 Å². The SMILES string of the molecule is Cc1cnc2c(C(O)NC3(c4ccc(C(F)(F)F)cc4F)CCOCC3=O)cnn2c1. The van der Waals surface area contributed by atoms with Crippen LogP contribution in [0.4, 0.5) is 17.6 Å². The van der Waals surface area contributed by atoms with Crippen LogP contribution in [0.15, 0.2) is 36.8 Å². The van der Waals surface area contributed by atoms with Gasteiger partial charge in [0.15, 0.2) is 11.4 Å². The number of aromatic nitrogens is 3. The maximum atomic E-state index is 14.8. The van der Waals surface area contributed by atoms with Crippen LogP contribution in [0.1, 0.15) is 34.9 Å². The van der Waals surface area contributed by atoms with Crippen molar-refractivity contribution >= 4 is 11.4 Å². The highest BCUT2D eigenvalue weighted by molar-refractivity contribution is 5.91. The van der Waals surface area contributed by atoms with E-state index in [9.17, 15) is 27.5 Å². The van der Waals surface area contributed by atoms with E-state index in [2.05, 4.69) is 15.4 Å². The van der Waals surface area contributed by atoms with Gasteiger partial charge >= 0.3 is 6.18 Å². The number of aliphatic hydroxyl groups is 1. The number of ether oxygens (including phenoxy) is 1. The third-order valence-corrected chi connectivity index (χ3v) is 5.28. The molecule has 1 saturated heterocycles. The van der Waals surface area contributed by atoms with Gasteiger partial charge in [-0.05, 0) is 24.6 Å². The number of nitrogens with one attached hydrogen (secondary N) is 1. The smallest absolute Gasteiger partial charge is 0.374 e. The lowest BCUT2D eigenvalue weighted by molar-refractivity contribution is -0.139. The van der Waals surface area contributed by atoms with Crippen molar-refractivity contribution in [3.05, 3.63) is 64.9 Å². The molecule has 1 fully saturated rings. The highest BCUT2D eigenvalue weighted by Gasteiger charge is 2.46. The number of aliphatic hydroxyl groups excluding tert-OH is 1. The molecule has 2 N–H and O–H groups in total. The number of hydrogen-bond acceptors (Lipinski definition) is 6. The van der Waals surface area contributed by atoms with Crippen LogP contribution in [-0.4, -0.2) is 38.7 Å². The quantitative estimate of drug-likeness (QED) is 0.481. The summed E-state index contributed by atoms with van der Waals surface area (Å²) in [5.41, 5.74) is -1.89. The molecule has 0 saturated carbocycles. The third kappa shape index (κ3) is 3.80. The van der Waals surface area contributed by atoms with E-state index >= 15 is 0 Å². The molecule has 7 nitrogen and oxygen atoms in total. The largest absolute Gasteiger partial charge is 0.416 e. The molecule has 31 heavy (non-hydrogen) atoms. The molecule has 164 valence electrons. The summed E-state index contributed by atoms with van der Waals surface area (Å²) < 4.78 is 60.3. The Bertz CT molecular complexity index is 1150. The molecule has 0 radical (unpaired) electrons. The minimum Gasteiger partial charge on any atom is -0.374 e. The Morgan fingerprint density at radius 2 is 2.10 bits per heavy atom. The molecular weight excluding hydrogens is 420 g/mol. The van der Waals surface area contributed by atoms with Gasteiger partial charge in [0, 0.05) is 31.0 Å². The first-order valence-corrected chi connectivity index (χ1v) is 9.36. The van der Waals surface area contributed by atoms with Crippen molar-refractivity contribution in [2.75, 3.05) is 13.2 Å². The van der Waals surface area contributed by atoms with Gasteiger partial charge in [0.1, 0.15) is 24.2 Å². The predicted molar refractivity (Wildman–Crippen MR) is 99.3 cm³/mol. The number of carbonyl (C=O) groups is 1. The summed E-state index contributed by atoms with van der Waals surface area (Å²) in [6.45, 7) is 1.47. The van der Waals surface area contributed by atoms with Crippen LogP contribution in [0.3, 0.4) is 0 Å². The molecule has 0 aliphatic carbocycles. The monoisotopic (exact) mass is 438 g/mol. The number of Topliss-reactive ketones (excluding diaryl/α,β-unsaturated/α-hetero) is 1. The first-order chi connectivity index (χ1) is 14.6. The summed E-state index contributed by atoms with van der Waals surface area (Å²) in [4.78, 5) is 17.1. The van der Waals surface area contributed by atoms with Gasteiger partial charge in [-0.2, -0.15) is 18.3 Å².